The van der Waals surface area contributed by atoms with Crippen LogP contribution in [0.2, 0.25) is 5.02 Å². The Morgan fingerprint density at radius 2 is 1.78 bits per heavy atom. The number of nitrogens with two attached hydrogens (primary N) is 2. The van der Waals surface area contributed by atoms with Gasteiger partial charge in [0.05, 0.1) is 29.0 Å². The highest BCUT2D eigenvalue weighted by molar-refractivity contribution is 6.36. The first-order chi connectivity index (χ1) is 17.8. The minimum absolute atomic E-state index is 0.0248. The molecule has 0 aliphatic heterocycles. The number of fused-ring (bicyclic) bond motifs is 1. The summed E-state index contributed by atoms with van der Waals surface area (Å²) >= 11 is 6.47. The zero-order valence-corrected chi connectivity index (χ0v) is 22.4. The molecule has 3 rings (SSSR count). The number of nitrogens with one attached hydrogen (secondary N) is 1. The van der Waals surface area contributed by atoms with Gasteiger partial charge in [0.2, 0.25) is 5.91 Å². The van der Waals surface area contributed by atoms with Crippen LogP contribution >= 0.6 is 11.6 Å². The highest BCUT2D eigenvalue weighted by atomic mass is 35.5. The van der Waals surface area contributed by atoms with Crippen LogP contribution in [0.5, 0.6) is 5.75 Å². The number of hydrogen-bond acceptors (Lipinski definition) is 6. The second-order valence-electron chi connectivity index (χ2n) is 8.13. The Bertz CT molecular complexity index is 1250. The molecule has 2 aromatic carbocycles. The molecule has 0 saturated carbocycles. The summed E-state index contributed by atoms with van der Waals surface area (Å²) in [6.07, 6.45) is 2.39. The fourth-order valence-electron chi connectivity index (χ4n) is 3.66. The minimum atomic E-state index is -0.500. The average Bonchev–Trinajstić information content (AvgIpc) is 2.91. The number of unbranched alkanes of at least 4 members (excludes halogenated alkanes) is 1. The van der Waals surface area contributed by atoms with E-state index in [1.165, 1.54) is 22.3 Å². The lowest BCUT2D eigenvalue weighted by molar-refractivity contribution is -0.119. The summed E-state index contributed by atoms with van der Waals surface area (Å²) in [5.74, 6) is -0.741. The molecule has 0 spiro atoms. The fraction of sp³-hybridized carbons (Fsp3) is 0.370. The number of nitrogens with zero attached hydrogens (tertiary/aromatic N) is 2. The van der Waals surface area contributed by atoms with Gasteiger partial charge in [-0.05, 0) is 44.2 Å². The second kappa shape index (κ2) is 15.0. The lowest BCUT2D eigenvalue weighted by Gasteiger charge is -2.23. The van der Waals surface area contributed by atoms with Crippen LogP contribution in [0, 0.1) is 0 Å². The molecule has 3 aromatic rings. The third-order valence-corrected chi connectivity index (χ3v) is 5.90. The van der Waals surface area contributed by atoms with Gasteiger partial charge in [-0.15, -0.1) is 0 Å². The van der Waals surface area contributed by atoms with E-state index in [-0.39, 0.29) is 36.9 Å². The normalized spacial score (nSPS) is 10.4. The molecular weight excluding hydrogens is 494 g/mol. The summed E-state index contributed by atoms with van der Waals surface area (Å²) in [6.45, 7) is 5.18. The van der Waals surface area contributed by atoms with Gasteiger partial charge < -0.3 is 31.0 Å². The molecule has 5 N–H and O–H groups in total. The van der Waals surface area contributed by atoms with Crippen LogP contribution in [-0.2, 0) is 11.8 Å². The average molecular weight is 530 g/mol. The fourth-order valence-corrected chi connectivity index (χ4v) is 3.91. The number of aromatic nitrogens is 1. The van der Waals surface area contributed by atoms with E-state index in [1.807, 2.05) is 25.1 Å². The van der Waals surface area contributed by atoms with Crippen LogP contribution in [0.25, 0.3) is 10.9 Å². The van der Waals surface area contributed by atoms with Gasteiger partial charge in [0.25, 0.3) is 11.5 Å². The molecule has 0 bridgehead atoms. The predicted molar refractivity (Wildman–Crippen MR) is 150 cm³/mol. The zero-order chi connectivity index (χ0) is 27.4. The van der Waals surface area contributed by atoms with E-state index in [0.717, 1.165) is 6.54 Å². The van der Waals surface area contributed by atoms with Crippen LogP contribution in [-0.4, -0.2) is 49.2 Å². The summed E-state index contributed by atoms with van der Waals surface area (Å²) in [7, 11) is 1.59. The largest absolute Gasteiger partial charge is 0.490 e. The van der Waals surface area contributed by atoms with Crippen LogP contribution < -0.4 is 32.0 Å². The number of amides is 2. The molecule has 10 heteroatoms. The Morgan fingerprint density at radius 3 is 2.35 bits per heavy atom. The van der Waals surface area contributed by atoms with E-state index in [2.05, 4.69) is 12.2 Å². The van der Waals surface area contributed by atoms with Gasteiger partial charge in [-0.3, -0.25) is 14.4 Å². The predicted octanol–water partition coefficient (Wildman–Crippen LogP) is 3.06. The van der Waals surface area contributed by atoms with E-state index in [9.17, 15) is 14.4 Å². The number of para-hydroxylation sites is 1. The third-order valence-electron chi connectivity index (χ3n) is 5.58. The molecule has 0 saturated heterocycles. The number of carbonyl (C=O) groups is 2. The van der Waals surface area contributed by atoms with Crippen molar-refractivity contribution >= 4 is 40.0 Å². The smallest absolute Gasteiger partial charge is 0.267 e. The molecule has 0 radical (unpaired) electrons. The number of halogens is 1. The van der Waals surface area contributed by atoms with Crippen molar-refractivity contribution in [3.63, 3.8) is 0 Å². The van der Waals surface area contributed by atoms with E-state index in [1.54, 1.807) is 37.4 Å². The van der Waals surface area contributed by atoms with Crippen molar-refractivity contribution in [2.75, 3.05) is 37.7 Å². The van der Waals surface area contributed by atoms with Gasteiger partial charge in [0.15, 0.2) is 0 Å². The van der Waals surface area contributed by atoms with Gasteiger partial charge in [-0.1, -0.05) is 49.2 Å². The number of anilines is 1. The molecule has 2 amide bonds. The molecule has 9 nitrogen and oxygen atoms in total. The summed E-state index contributed by atoms with van der Waals surface area (Å²) in [5, 5.41) is 3.40. The maximum absolute atomic E-state index is 13.6. The molecular formula is C27H36ClN5O4. The molecule has 0 unspecified atom stereocenters. The van der Waals surface area contributed by atoms with E-state index < -0.39 is 11.5 Å². The molecule has 0 aliphatic rings. The van der Waals surface area contributed by atoms with Crippen molar-refractivity contribution in [3.05, 3.63) is 69.5 Å². The Kier molecular flexibility index (Phi) is 12.1. The molecule has 0 aliphatic carbocycles. The number of pyridine rings is 1. The first-order valence-corrected chi connectivity index (χ1v) is 12.7. The maximum atomic E-state index is 13.6. The van der Waals surface area contributed by atoms with Crippen LogP contribution in [0.1, 0.15) is 37.0 Å². The van der Waals surface area contributed by atoms with Crippen molar-refractivity contribution in [2.45, 2.75) is 26.7 Å². The monoisotopic (exact) mass is 529 g/mol. The van der Waals surface area contributed by atoms with Gasteiger partial charge in [0, 0.05) is 19.3 Å². The van der Waals surface area contributed by atoms with Crippen molar-refractivity contribution in [2.24, 2.45) is 18.5 Å². The number of rotatable bonds is 10. The van der Waals surface area contributed by atoms with Crippen molar-refractivity contribution in [1.82, 2.24) is 9.88 Å². The topological polar surface area (TPSA) is 133 Å². The molecule has 1 heterocycles. The number of hydrogen-bond donors (Lipinski definition) is 3. The third kappa shape index (κ3) is 7.55. The van der Waals surface area contributed by atoms with Gasteiger partial charge in [-0.2, -0.15) is 0 Å². The summed E-state index contributed by atoms with van der Waals surface area (Å²) in [6, 6.07) is 14.2. The molecule has 0 atom stereocenters. The van der Waals surface area contributed by atoms with Crippen LogP contribution in [0.3, 0.4) is 0 Å². The van der Waals surface area contributed by atoms with Crippen molar-refractivity contribution in [1.29, 1.82) is 0 Å². The maximum Gasteiger partial charge on any atom is 0.267 e. The van der Waals surface area contributed by atoms with Crippen molar-refractivity contribution in [3.8, 4) is 5.75 Å². The summed E-state index contributed by atoms with van der Waals surface area (Å²) in [5.41, 5.74) is 11.0. The summed E-state index contributed by atoms with van der Waals surface area (Å²) < 4.78 is 7.30. The lowest BCUT2D eigenvalue weighted by Crippen LogP contribution is -2.37. The van der Waals surface area contributed by atoms with Gasteiger partial charge in [-0.25, -0.2) is 0 Å². The van der Waals surface area contributed by atoms with E-state index in [4.69, 9.17) is 27.8 Å². The quantitative estimate of drug-likeness (QED) is 0.346. The van der Waals surface area contributed by atoms with E-state index >= 15 is 0 Å². The van der Waals surface area contributed by atoms with Crippen LogP contribution in [0.15, 0.2) is 53.3 Å². The Morgan fingerprint density at radius 1 is 1.08 bits per heavy atom. The number of aryl methyl sites for hydroxylation is 1. The molecule has 1 aromatic heterocycles. The van der Waals surface area contributed by atoms with Gasteiger partial charge in [0.1, 0.15) is 17.9 Å². The van der Waals surface area contributed by atoms with E-state index in [0.29, 0.717) is 28.2 Å². The highest BCUT2D eigenvalue weighted by Crippen LogP contribution is 2.34. The molecule has 37 heavy (non-hydrogen) atoms. The standard InChI is InChI=1S/C23H25ClN4O4.C4H11N/c1-3-28(15-8-5-4-6-9-15)23(31)20-21(32-13-12-26-18(29)14-25)19-16(24)10-7-11-17(19)27(2)22(20)30;1-2-3-4-5/h4-11H,3,12-14,25H2,1-2H3,(H,26,29);2-5H2,1H3. The SMILES string of the molecule is CCCCN.CCN(C(=O)c1c(OCCNC(=O)CN)c2c(Cl)cccc2n(C)c1=O)c1ccccc1. The second-order valence-corrected chi connectivity index (χ2v) is 8.54. The number of carbonyl (C=O) groups excluding carboxylic acids is 2. The zero-order valence-electron chi connectivity index (χ0n) is 21.6. The Balaban J connectivity index is 0.000000877. The molecule has 0 fully saturated rings. The van der Waals surface area contributed by atoms with Crippen LogP contribution in [0.4, 0.5) is 5.69 Å². The summed E-state index contributed by atoms with van der Waals surface area (Å²) in [4.78, 5) is 39.8. The van der Waals surface area contributed by atoms with Crippen molar-refractivity contribution < 1.29 is 14.3 Å². The highest BCUT2D eigenvalue weighted by Gasteiger charge is 2.28. The first kappa shape index (κ1) is 29.8. The number of benzene rings is 2. The Hall–Kier alpha value is -3.40. The molecule has 200 valence electrons. The Labute approximate surface area is 222 Å². The minimum Gasteiger partial charge on any atom is -0.490 e. The number of ether oxygens (including phenoxy) is 1. The van der Waals surface area contributed by atoms with Gasteiger partial charge >= 0.3 is 0 Å². The lowest BCUT2D eigenvalue weighted by atomic mass is 10.1. The first-order valence-electron chi connectivity index (χ1n) is 12.3.